The number of phenols is 1. The number of carbonyl (C=O) groups excluding carboxylic acids is 1. The second kappa shape index (κ2) is 6.53. The first-order valence-electron chi connectivity index (χ1n) is 6.49. The number of nitrogen functional groups attached to an aromatic ring is 1. The predicted molar refractivity (Wildman–Crippen MR) is 85.1 cm³/mol. The molecule has 0 atom stereocenters. The van der Waals surface area contributed by atoms with Crippen LogP contribution in [0.5, 0.6) is 11.5 Å². The normalized spacial score (nSPS) is 9.86. The van der Waals surface area contributed by atoms with Crippen molar-refractivity contribution in [1.29, 1.82) is 0 Å². The van der Waals surface area contributed by atoms with Gasteiger partial charge in [-0.1, -0.05) is 6.58 Å². The van der Waals surface area contributed by atoms with E-state index in [1.165, 1.54) is 13.2 Å². The number of methoxy groups -OCH3 is 1. The van der Waals surface area contributed by atoms with Gasteiger partial charge >= 0.3 is 0 Å². The maximum atomic E-state index is 11.9. The summed E-state index contributed by atoms with van der Waals surface area (Å²) in [5.74, 6) is 0.188. The Balaban J connectivity index is 2.00. The van der Waals surface area contributed by atoms with Gasteiger partial charge in [0, 0.05) is 22.9 Å². The molecule has 2 aromatic rings. The number of carbonyl (C=O) groups is 1. The van der Waals surface area contributed by atoms with E-state index in [2.05, 4.69) is 17.4 Å². The van der Waals surface area contributed by atoms with Gasteiger partial charge in [-0.05, 0) is 36.4 Å². The summed E-state index contributed by atoms with van der Waals surface area (Å²) in [4.78, 5) is 11.9. The Morgan fingerprint density at radius 3 is 2.45 bits per heavy atom. The summed E-state index contributed by atoms with van der Waals surface area (Å²) in [5, 5.41) is 9.90. The molecule has 0 saturated carbocycles. The lowest BCUT2D eigenvalue weighted by atomic mass is 10.1. The molecule has 114 valence electrons. The zero-order valence-electron chi connectivity index (χ0n) is 12.1. The van der Waals surface area contributed by atoms with Crippen LogP contribution in [0.2, 0.25) is 0 Å². The van der Waals surface area contributed by atoms with Gasteiger partial charge in [-0.3, -0.25) is 15.6 Å². The van der Waals surface area contributed by atoms with E-state index in [1.807, 2.05) is 0 Å². The van der Waals surface area contributed by atoms with Crippen molar-refractivity contribution >= 4 is 17.3 Å². The summed E-state index contributed by atoms with van der Waals surface area (Å²) in [6.45, 7) is 3.77. The topological polar surface area (TPSA) is 96.6 Å². The number of nitrogens with two attached hydrogens (primary N) is 1. The Morgan fingerprint density at radius 1 is 1.18 bits per heavy atom. The Kier molecular flexibility index (Phi) is 4.53. The van der Waals surface area contributed by atoms with E-state index in [0.717, 1.165) is 0 Å². The van der Waals surface area contributed by atoms with Crippen molar-refractivity contribution in [3.63, 3.8) is 0 Å². The van der Waals surface area contributed by atoms with Gasteiger partial charge < -0.3 is 15.6 Å². The number of benzene rings is 2. The van der Waals surface area contributed by atoms with Crippen LogP contribution in [0.25, 0.3) is 5.70 Å². The monoisotopic (exact) mass is 299 g/mol. The molecule has 22 heavy (non-hydrogen) atoms. The van der Waals surface area contributed by atoms with Crippen molar-refractivity contribution in [2.24, 2.45) is 0 Å². The number of hydrogen-bond acceptors (Lipinski definition) is 5. The van der Waals surface area contributed by atoms with Crippen molar-refractivity contribution in [3.05, 3.63) is 60.2 Å². The standard InChI is InChI=1S/C16H17N3O3/c1-10(14-8-7-13(22-2)9-15(14)20)18-19-16(21)11-3-5-12(17)6-4-11/h3-9,18,20H,1,17H2,2H3,(H,19,21). The average molecular weight is 299 g/mol. The number of nitrogens with one attached hydrogen (secondary N) is 2. The Bertz CT molecular complexity index is 696. The van der Waals surface area contributed by atoms with Gasteiger partial charge in [0.05, 0.1) is 12.8 Å². The van der Waals surface area contributed by atoms with Crippen molar-refractivity contribution in [1.82, 2.24) is 10.9 Å². The van der Waals surface area contributed by atoms with Gasteiger partial charge in [-0.15, -0.1) is 0 Å². The van der Waals surface area contributed by atoms with Crippen LogP contribution in [0.1, 0.15) is 15.9 Å². The van der Waals surface area contributed by atoms with E-state index < -0.39 is 0 Å². The van der Waals surface area contributed by atoms with Crippen LogP contribution in [-0.2, 0) is 0 Å². The second-order valence-electron chi connectivity index (χ2n) is 4.56. The van der Waals surface area contributed by atoms with Crippen molar-refractivity contribution in [2.45, 2.75) is 0 Å². The molecule has 0 radical (unpaired) electrons. The lowest BCUT2D eigenvalue weighted by molar-refractivity contribution is 0.0942. The molecule has 2 aromatic carbocycles. The minimum absolute atomic E-state index is 0.00131. The van der Waals surface area contributed by atoms with Crippen LogP contribution in [0.3, 0.4) is 0 Å². The molecule has 0 unspecified atom stereocenters. The molecular weight excluding hydrogens is 282 g/mol. The van der Waals surface area contributed by atoms with Crippen LogP contribution in [0, 0.1) is 0 Å². The number of phenolic OH excluding ortho intramolecular Hbond substituents is 1. The number of hydrazine groups is 1. The average Bonchev–Trinajstić information content (AvgIpc) is 2.52. The van der Waals surface area contributed by atoms with Gasteiger partial charge in [-0.2, -0.15) is 0 Å². The summed E-state index contributed by atoms with van der Waals surface area (Å²) in [7, 11) is 1.51. The Labute approximate surface area is 128 Å². The number of hydrogen-bond donors (Lipinski definition) is 4. The summed E-state index contributed by atoms with van der Waals surface area (Å²) in [6, 6.07) is 11.3. The smallest absolute Gasteiger partial charge is 0.269 e. The molecule has 0 saturated heterocycles. The molecule has 0 bridgehead atoms. The number of amides is 1. The fourth-order valence-corrected chi connectivity index (χ4v) is 1.80. The fraction of sp³-hybridized carbons (Fsp3) is 0.0625. The Morgan fingerprint density at radius 2 is 1.86 bits per heavy atom. The third kappa shape index (κ3) is 3.49. The van der Waals surface area contributed by atoms with Gasteiger partial charge in [-0.25, -0.2) is 0 Å². The van der Waals surface area contributed by atoms with E-state index in [-0.39, 0.29) is 11.7 Å². The highest BCUT2D eigenvalue weighted by atomic mass is 16.5. The zero-order chi connectivity index (χ0) is 16.1. The molecule has 0 fully saturated rings. The summed E-state index contributed by atoms with van der Waals surface area (Å²) >= 11 is 0. The molecule has 0 aliphatic rings. The van der Waals surface area contributed by atoms with Crippen LogP contribution >= 0.6 is 0 Å². The minimum atomic E-state index is -0.339. The molecule has 0 aliphatic carbocycles. The third-order valence-corrected chi connectivity index (χ3v) is 3.03. The molecule has 0 spiro atoms. The lowest BCUT2D eigenvalue weighted by Crippen LogP contribution is -2.35. The van der Waals surface area contributed by atoms with Gasteiger partial charge in [0.2, 0.25) is 0 Å². The van der Waals surface area contributed by atoms with Gasteiger partial charge in [0.1, 0.15) is 11.5 Å². The van der Waals surface area contributed by atoms with Crippen molar-refractivity contribution < 1.29 is 14.6 Å². The number of aromatic hydroxyl groups is 1. The molecular formula is C16H17N3O3. The Hall–Kier alpha value is -3.15. The number of rotatable bonds is 5. The van der Waals surface area contributed by atoms with E-state index in [0.29, 0.717) is 28.3 Å². The molecule has 5 N–H and O–H groups in total. The molecule has 0 aromatic heterocycles. The molecule has 6 heteroatoms. The molecule has 0 aliphatic heterocycles. The second-order valence-corrected chi connectivity index (χ2v) is 4.56. The fourth-order valence-electron chi connectivity index (χ4n) is 1.80. The van der Waals surface area contributed by atoms with Gasteiger partial charge in [0.25, 0.3) is 5.91 Å². The SMILES string of the molecule is C=C(NNC(=O)c1ccc(N)cc1)c1ccc(OC)cc1O. The molecule has 0 heterocycles. The number of ether oxygens (including phenoxy) is 1. The summed E-state index contributed by atoms with van der Waals surface area (Å²) in [6.07, 6.45) is 0. The van der Waals surface area contributed by atoms with Crippen LogP contribution in [0.15, 0.2) is 49.0 Å². The highest BCUT2D eigenvalue weighted by Crippen LogP contribution is 2.26. The first-order chi connectivity index (χ1) is 10.5. The lowest BCUT2D eigenvalue weighted by Gasteiger charge is -2.13. The quantitative estimate of drug-likeness (QED) is 0.499. The number of anilines is 1. The zero-order valence-corrected chi connectivity index (χ0v) is 12.1. The largest absolute Gasteiger partial charge is 0.507 e. The highest BCUT2D eigenvalue weighted by molar-refractivity contribution is 5.94. The van der Waals surface area contributed by atoms with Crippen molar-refractivity contribution in [3.8, 4) is 11.5 Å². The van der Waals surface area contributed by atoms with Gasteiger partial charge in [0.15, 0.2) is 0 Å². The molecule has 6 nitrogen and oxygen atoms in total. The van der Waals surface area contributed by atoms with E-state index >= 15 is 0 Å². The first kappa shape index (κ1) is 15.2. The molecule has 2 rings (SSSR count). The maximum Gasteiger partial charge on any atom is 0.269 e. The minimum Gasteiger partial charge on any atom is -0.507 e. The van der Waals surface area contributed by atoms with Crippen molar-refractivity contribution in [2.75, 3.05) is 12.8 Å². The maximum absolute atomic E-state index is 11.9. The van der Waals surface area contributed by atoms with E-state index in [9.17, 15) is 9.90 Å². The predicted octanol–water partition coefficient (Wildman–Crippen LogP) is 1.89. The van der Waals surface area contributed by atoms with E-state index in [1.54, 1.807) is 36.4 Å². The van der Waals surface area contributed by atoms with Crippen LogP contribution < -0.4 is 21.3 Å². The summed E-state index contributed by atoms with van der Waals surface area (Å²) < 4.78 is 5.01. The highest BCUT2D eigenvalue weighted by Gasteiger charge is 2.09. The molecule has 1 amide bonds. The third-order valence-electron chi connectivity index (χ3n) is 3.03. The first-order valence-corrected chi connectivity index (χ1v) is 6.49. The van der Waals surface area contributed by atoms with E-state index in [4.69, 9.17) is 10.5 Å². The summed E-state index contributed by atoms with van der Waals surface area (Å²) in [5.41, 5.74) is 12.6. The van der Waals surface area contributed by atoms with Crippen LogP contribution in [-0.4, -0.2) is 18.1 Å². The van der Waals surface area contributed by atoms with Crippen LogP contribution in [0.4, 0.5) is 5.69 Å².